The molecule has 19 heavy (non-hydrogen) atoms. The van der Waals surface area contributed by atoms with E-state index in [0.717, 1.165) is 37.1 Å². The van der Waals surface area contributed by atoms with E-state index in [1.54, 1.807) is 14.2 Å². The van der Waals surface area contributed by atoms with Gasteiger partial charge in [0.05, 0.1) is 14.2 Å². The Bertz CT molecular complexity index is 783. The van der Waals surface area contributed by atoms with Gasteiger partial charge in [0.25, 0.3) is 5.65 Å². The first-order valence-electron chi connectivity index (χ1n) is 5.58. The Hall–Kier alpha value is -1.27. The first-order chi connectivity index (χ1) is 9.13. The summed E-state index contributed by atoms with van der Waals surface area (Å²) >= 11 is 6.99. The standard InChI is InChI=1S/C13H10Br2N2O2/c1-18-9-3-7-5-11-16-12(14)13(15)17(11)6-8(7)4-10(9)19-2/h3-6H,1-2H3/p+1. The first kappa shape index (κ1) is 12.7. The molecule has 2 aromatic heterocycles. The summed E-state index contributed by atoms with van der Waals surface area (Å²) in [6.07, 6.45) is 2.04. The molecule has 3 rings (SSSR count). The number of aromatic nitrogens is 2. The largest absolute Gasteiger partial charge is 0.493 e. The lowest BCUT2D eigenvalue weighted by Gasteiger charge is -2.08. The summed E-state index contributed by atoms with van der Waals surface area (Å²) in [6, 6.07) is 6.00. The van der Waals surface area contributed by atoms with E-state index in [1.165, 1.54) is 0 Å². The number of nitrogens with one attached hydrogen (secondary N) is 1. The number of aromatic amines is 1. The van der Waals surface area contributed by atoms with Crippen molar-refractivity contribution < 1.29 is 13.9 Å². The summed E-state index contributed by atoms with van der Waals surface area (Å²) < 4.78 is 14.5. The number of hydrogen-bond acceptors (Lipinski definition) is 2. The first-order valence-corrected chi connectivity index (χ1v) is 7.16. The van der Waals surface area contributed by atoms with E-state index in [0.29, 0.717) is 0 Å². The number of halogens is 2. The minimum Gasteiger partial charge on any atom is -0.493 e. The number of pyridine rings is 1. The Labute approximate surface area is 126 Å². The molecule has 4 nitrogen and oxygen atoms in total. The van der Waals surface area contributed by atoms with Gasteiger partial charge in [0, 0.05) is 43.3 Å². The summed E-state index contributed by atoms with van der Waals surface area (Å²) in [5, 5.41) is 2.15. The summed E-state index contributed by atoms with van der Waals surface area (Å²) in [6.45, 7) is 0. The van der Waals surface area contributed by atoms with Crippen LogP contribution >= 0.6 is 31.9 Å². The summed E-state index contributed by atoms with van der Waals surface area (Å²) in [7, 11) is 3.27. The van der Waals surface area contributed by atoms with Crippen LogP contribution in [-0.2, 0) is 0 Å². The lowest BCUT2D eigenvalue weighted by Crippen LogP contribution is -2.19. The minimum atomic E-state index is 0.723. The van der Waals surface area contributed by atoms with Crippen LogP contribution in [0.15, 0.2) is 33.6 Å². The van der Waals surface area contributed by atoms with Crippen molar-refractivity contribution in [2.45, 2.75) is 0 Å². The van der Waals surface area contributed by atoms with Crippen LogP contribution in [0, 0.1) is 0 Å². The lowest BCUT2D eigenvalue weighted by atomic mass is 10.1. The van der Waals surface area contributed by atoms with Gasteiger partial charge in [0.2, 0.25) is 9.21 Å². The molecule has 0 saturated heterocycles. The highest BCUT2D eigenvalue weighted by molar-refractivity contribution is 9.13. The molecule has 98 valence electrons. The average molecular weight is 387 g/mol. The minimum absolute atomic E-state index is 0.723. The molecule has 3 aromatic rings. The molecular weight excluding hydrogens is 376 g/mol. The van der Waals surface area contributed by atoms with Gasteiger partial charge in [-0.05, 0) is 17.5 Å². The molecule has 0 radical (unpaired) electrons. The highest BCUT2D eigenvalue weighted by Gasteiger charge is 2.16. The fraction of sp³-hybridized carbons (Fsp3) is 0.154. The molecule has 0 bridgehead atoms. The molecule has 0 aliphatic heterocycles. The quantitative estimate of drug-likeness (QED) is 0.685. The zero-order valence-electron chi connectivity index (χ0n) is 10.3. The second-order valence-electron chi connectivity index (χ2n) is 4.09. The molecule has 0 unspecified atom stereocenters. The van der Waals surface area contributed by atoms with Crippen molar-refractivity contribution in [1.29, 1.82) is 0 Å². The predicted octanol–water partition coefficient (Wildman–Crippen LogP) is 3.45. The summed E-state index contributed by atoms with van der Waals surface area (Å²) in [5.41, 5.74) is 0.985. The highest BCUT2D eigenvalue weighted by Crippen LogP contribution is 2.32. The third-order valence-corrected chi connectivity index (χ3v) is 4.92. The Morgan fingerprint density at radius 3 is 2.26 bits per heavy atom. The lowest BCUT2D eigenvalue weighted by molar-refractivity contribution is -0.521. The van der Waals surface area contributed by atoms with Crippen LogP contribution in [0.5, 0.6) is 11.5 Å². The molecular formula is C13H11Br2N2O2+. The molecule has 1 aromatic carbocycles. The van der Waals surface area contributed by atoms with Crippen LogP contribution in [0.3, 0.4) is 0 Å². The van der Waals surface area contributed by atoms with Crippen molar-refractivity contribution in [2.24, 2.45) is 0 Å². The Morgan fingerprint density at radius 1 is 1.00 bits per heavy atom. The number of imidazole rings is 1. The molecule has 0 spiro atoms. The van der Waals surface area contributed by atoms with Crippen molar-refractivity contribution >= 4 is 48.3 Å². The van der Waals surface area contributed by atoms with Crippen molar-refractivity contribution in [3.63, 3.8) is 0 Å². The van der Waals surface area contributed by atoms with E-state index < -0.39 is 0 Å². The highest BCUT2D eigenvalue weighted by atomic mass is 79.9. The molecule has 0 fully saturated rings. The van der Waals surface area contributed by atoms with Crippen LogP contribution in [0.25, 0.3) is 16.4 Å². The molecule has 6 heteroatoms. The van der Waals surface area contributed by atoms with Gasteiger partial charge >= 0.3 is 0 Å². The van der Waals surface area contributed by atoms with Crippen molar-refractivity contribution in [2.75, 3.05) is 14.2 Å². The zero-order valence-corrected chi connectivity index (χ0v) is 13.5. The summed E-state index contributed by atoms with van der Waals surface area (Å²) in [5.74, 6) is 1.45. The van der Waals surface area contributed by atoms with E-state index >= 15 is 0 Å². The van der Waals surface area contributed by atoms with E-state index in [2.05, 4.69) is 42.9 Å². The third-order valence-electron chi connectivity index (χ3n) is 3.04. The summed E-state index contributed by atoms with van der Waals surface area (Å²) in [4.78, 5) is 3.25. The SMILES string of the molecule is COc1cc2cc3[nH]c(Br)c(Br)[n+]3cc2cc1OC. The van der Waals surface area contributed by atoms with Gasteiger partial charge in [-0.15, -0.1) is 0 Å². The Balaban J connectivity index is 2.38. The topological polar surface area (TPSA) is 38.3 Å². The number of nitrogens with zero attached hydrogens (tertiary/aromatic N) is 1. The van der Waals surface area contributed by atoms with Crippen molar-refractivity contribution in [1.82, 2.24) is 4.98 Å². The fourth-order valence-corrected chi connectivity index (χ4v) is 2.89. The van der Waals surface area contributed by atoms with Crippen molar-refractivity contribution in [3.8, 4) is 11.5 Å². The smallest absolute Gasteiger partial charge is 0.286 e. The molecule has 1 N–H and O–H groups in total. The van der Waals surface area contributed by atoms with Crippen LogP contribution in [0.4, 0.5) is 0 Å². The number of H-pyrrole nitrogens is 1. The Morgan fingerprint density at radius 2 is 1.63 bits per heavy atom. The number of benzene rings is 1. The van der Waals surface area contributed by atoms with Gasteiger partial charge in [-0.3, -0.25) is 0 Å². The van der Waals surface area contributed by atoms with Crippen LogP contribution in [0.2, 0.25) is 0 Å². The van der Waals surface area contributed by atoms with E-state index in [-0.39, 0.29) is 0 Å². The van der Waals surface area contributed by atoms with Crippen LogP contribution < -0.4 is 13.9 Å². The molecule has 0 aliphatic rings. The Kier molecular flexibility index (Phi) is 3.14. The predicted molar refractivity (Wildman–Crippen MR) is 80.0 cm³/mol. The van der Waals surface area contributed by atoms with E-state index in [1.807, 2.05) is 22.7 Å². The number of rotatable bonds is 2. The molecule has 0 saturated carbocycles. The maximum absolute atomic E-state index is 5.33. The van der Waals surface area contributed by atoms with Gasteiger partial charge in [0.15, 0.2) is 11.5 Å². The second kappa shape index (κ2) is 4.68. The average Bonchev–Trinajstić information content (AvgIpc) is 2.70. The van der Waals surface area contributed by atoms with Gasteiger partial charge in [-0.1, -0.05) is 0 Å². The number of fused-ring (bicyclic) bond motifs is 2. The number of ether oxygens (including phenoxy) is 2. The van der Waals surface area contributed by atoms with Gasteiger partial charge in [0.1, 0.15) is 6.20 Å². The van der Waals surface area contributed by atoms with E-state index in [4.69, 9.17) is 9.47 Å². The van der Waals surface area contributed by atoms with E-state index in [9.17, 15) is 0 Å². The van der Waals surface area contributed by atoms with Gasteiger partial charge in [-0.25, -0.2) is 4.98 Å². The van der Waals surface area contributed by atoms with Crippen molar-refractivity contribution in [3.05, 3.63) is 33.6 Å². The van der Waals surface area contributed by atoms with Gasteiger partial charge < -0.3 is 9.47 Å². The fourth-order valence-electron chi connectivity index (χ4n) is 2.10. The van der Waals surface area contributed by atoms with Crippen LogP contribution in [-0.4, -0.2) is 19.2 Å². The molecule has 0 amide bonds. The van der Waals surface area contributed by atoms with Gasteiger partial charge in [-0.2, -0.15) is 4.40 Å². The third kappa shape index (κ3) is 1.99. The normalized spacial score (nSPS) is 11.2. The maximum Gasteiger partial charge on any atom is 0.286 e. The zero-order chi connectivity index (χ0) is 13.6. The van der Waals surface area contributed by atoms with Crippen LogP contribution in [0.1, 0.15) is 0 Å². The monoisotopic (exact) mass is 385 g/mol. The second-order valence-corrected chi connectivity index (χ2v) is 5.64. The number of methoxy groups -OCH3 is 2. The molecule has 0 atom stereocenters. The molecule has 0 aliphatic carbocycles. The molecule has 2 heterocycles. The number of hydrogen-bond donors (Lipinski definition) is 1. The maximum atomic E-state index is 5.33.